The molecule has 1 fully saturated rings. The minimum Gasteiger partial charge on any atom is -0.391 e. The third-order valence-corrected chi connectivity index (χ3v) is 4.11. The van der Waals surface area contributed by atoms with Gasteiger partial charge in [-0.2, -0.15) is 4.98 Å². The summed E-state index contributed by atoms with van der Waals surface area (Å²) in [6.45, 7) is 5.36. The molecule has 0 radical (unpaired) electrons. The van der Waals surface area contributed by atoms with Crippen molar-refractivity contribution in [2.45, 2.75) is 38.8 Å². The number of imidazole rings is 1. The Bertz CT molecular complexity index is 629. The van der Waals surface area contributed by atoms with Crippen molar-refractivity contribution in [2.75, 3.05) is 29.9 Å². The van der Waals surface area contributed by atoms with Gasteiger partial charge in [-0.25, -0.2) is 9.97 Å². The van der Waals surface area contributed by atoms with Crippen LogP contribution < -0.4 is 10.2 Å². The van der Waals surface area contributed by atoms with Crippen LogP contribution in [0.2, 0.25) is 0 Å². The zero-order valence-electron chi connectivity index (χ0n) is 13.5. The summed E-state index contributed by atoms with van der Waals surface area (Å²) in [7, 11) is 0. The summed E-state index contributed by atoms with van der Waals surface area (Å²) in [5, 5.41) is 12.9. The van der Waals surface area contributed by atoms with Crippen LogP contribution in [0.1, 0.15) is 25.6 Å². The number of aliphatic hydroxyl groups is 1. The molecule has 2 N–H and O–H groups in total. The molecule has 0 amide bonds. The Balaban J connectivity index is 1.49. The number of nitrogens with zero attached hydrogens (tertiary/aromatic N) is 5. The second-order valence-electron chi connectivity index (χ2n) is 5.80. The highest BCUT2D eigenvalue weighted by Crippen LogP contribution is 2.18. The van der Waals surface area contributed by atoms with Crippen LogP contribution in [-0.4, -0.2) is 50.4 Å². The van der Waals surface area contributed by atoms with Crippen molar-refractivity contribution in [3.63, 3.8) is 0 Å². The van der Waals surface area contributed by atoms with E-state index in [0.29, 0.717) is 12.5 Å². The monoisotopic (exact) mass is 316 g/mol. The Morgan fingerprint density at radius 3 is 3.04 bits per heavy atom. The van der Waals surface area contributed by atoms with E-state index >= 15 is 0 Å². The SMILES string of the molecule is CCc1nccn1CCCNc1nccc(N2CC[C@H](O)C2)n1. The zero-order chi connectivity index (χ0) is 16.1. The number of aliphatic hydroxyl groups excluding tert-OH is 1. The highest BCUT2D eigenvalue weighted by molar-refractivity contribution is 5.43. The number of aryl methyl sites for hydroxylation is 2. The van der Waals surface area contributed by atoms with Crippen molar-refractivity contribution < 1.29 is 5.11 Å². The van der Waals surface area contributed by atoms with Gasteiger partial charge in [-0.05, 0) is 18.9 Å². The molecule has 1 aliphatic rings. The minimum absolute atomic E-state index is 0.246. The summed E-state index contributed by atoms with van der Waals surface area (Å²) in [6.07, 6.45) is 8.13. The number of hydrogen-bond donors (Lipinski definition) is 2. The fourth-order valence-corrected chi connectivity index (χ4v) is 2.87. The largest absolute Gasteiger partial charge is 0.391 e. The van der Waals surface area contributed by atoms with Crippen molar-refractivity contribution in [2.24, 2.45) is 0 Å². The molecule has 0 saturated carbocycles. The predicted molar refractivity (Wildman–Crippen MR) is 89.6 cm³/mol. The molecule has 0 bridgehead atoms. The van der Waals surface area contributed by atoms with Crippen LogP contribution in [0, 0.1) is 0 Å². The van der Waals surface area contributed by atoms with Crippen LogP contribution in [0.15, 0.2) is 24.7 Å². The highest BCUT2D eigenvalue weighted by Gasteiger charge is 2.21. The summed E-state index contributed by atoms with van der Waals surface area (Å²) in [5.74, 6) is 2.64. The lowest BCUT2D eigenvalue weighted by molar-refractivity contribution is 0.198. The topological polar surface area (TPSA) is 79.1 Å². The Morgan fingerprint density at radius 1 is 1.35 bits per heavy atom. The first-order chi connectivity index (χ1) is 11.3. The molecule has 0 aliphatic carbocycles. The van der Waals surface area contributed by atoms with E-state index in [1.807, 2.05) is 18.5 Å². The van der Waals surface area contributed by atoms with Crippen molar-refractivity contribution in [1.82, 2.24) is 19.5 Å². The Labute approximate surface area is 136 Å². The Morgan fingerprint density at radius 2 is 2.26 bits per heavy atom. The highest BCUT2D eigenvalue weighted by atomic mass is 16.3. The summed E-state index contributed by atoms with van der Waals surface area (Å²) in [5.41, 5.74) is 0. The van der Waals surface area contributed by atoms with Crippen LogP contribution in [0.5, 0.6) is 0 Å². The molecule has 23 heavy (non-hydrogen) atoms. The molecule has 3 rings (SSSR count). The van der Waals surface area contributed by atoms with Gasteiger partial charge in [0.15, 0.2) is 0 Å². The van der Waals surface area contributed by atoms with E-state index < -0.39 is 0 Å². The zero-order valence-corrected chi connectivity index (χ0v) is 13.5. The first-order valence-corrected chi connectivity index (χ1v) is 8.26. The Kier molecular flexibility index (Phi) is 5.07. The van der Waals surface area contributed by atoms with Gasteiger partial charge in [-0.3, -0.25) is 0 Å². The maximum atomic E-state index is 9.63. The normalized spacial score (nSPS) is 17.7. The van der Waals surface area contributed by atoms with Crippen molar-refractivity contribution in [3.05, 3.63) is 30.5 Å². The third kappa shape index (κ3) is 3.98. The average molecular weight is 316 g/mol. The first-order valence-electron chi connectivity index (χ1n) is 8.26. The lowest BCUT2D eigenvalue weighted by atomic mass is 10.3. The third-order valence-electron chi connectivity index (χ3n) is 4.11. The number of rotatable bonds is 7. The lowest BCUT2D eigenvalue weighted by Gasteiger charge is -2.17. The second kappa shape index (κ2) is 7.41. The first kappa shape index (κ1) is 15.7. The van der Waals surface area contributed by atoms with Gasteiger partial charge in [0, 0.05) is 51.2 Å². The van der Waals surface area contributed by atoms with Gasteiger partial charge in [0.05, 0.1) is 6.10 Å². The van der Waals surface area contributed by atoms with E-state index in [-0.39, 0.29) is 6.10 Å². The fourth-order valence-electron chi connectivity index (χ4n) is 2.87. The summed E-state index contributed by atoms with van der Waals surface area (Å²) >= 11 is 0. The molecule has 1 aliphatic heterocycles. The van der Waals surface area contributed by atoms with Crippen molar-refractivity contribution in [3.8, 4) is 0 Å². The summed E-state index contributed by atoms with van der Waals surface area (Å²) in [4.78, 5) is 15.2. The maximum Gasteiger partial charge on any atom is 0.224 e. The van der Waals surface area contributed by atoms with Crippen LogP contribution in [-0.2, 0) is 13.0 Å². The number of nitrogens with one attached hydrogen (secondary N) is 1. The fraction of sp³-hybridized carbons (Fsp3) is 0.562. The lowest BCUT2D eigenvalue weighted by Crippen LogP contribution is -2.22. The quantitative estimate of drug-likeness (QED) is 0.750. The number of aromatic nitrogens is 4. The van der Waals surface area contributed by atoms with E-state index in [1.54, 1.807) is 6.20 Å². The average Bonchev–Trinajstić information content (AvgIpc) is 3.20. The number of anilines is 2. The minimum atomic E-state index is -0.246. The second-order valence-corrected chi connectivity index (χ2v) is 5.80. The standard InChI is InChI=1S/C16H24N6O/c1-2-14-17-8-11-21(14)9-3-6-18-16-19-7-4-15(20-16)22-10-5-13(23)12-22/h4,7-8,11,13,23H,2-3,5-6,9-10,12H2,1H3,(H,18,19,20)/t13-/m0/s1. The maximum absolute atomic E-state index is 9.63. The van der Waals surface area contributed by atoms with Gasteiger partial charge in [-0.1, -0.05) is 6.92 Å². The van der Waals surface area contributed by atoms with E-state index in [9.17, 15) is 5.11 Å². The number of hydrogen-bond acceptors (Lipinski definition) is 6. The molecule has 0 aromatic carbocycles. The molecule has 124 valence electrons. The predicted octanol–water partition coefficient (Wildman–Crippen LogP) is 1.31. The molecule has 3 heterocycles. The van der Waals surface area contributed by atoms with Crippen LogP contribution >= 0.6 is 0 Å². The van der Waals surface area contributed by atoms with Gasteiger partial charge in [0.1, 0.15) is 11.6 Å². The molecular weight excluding hydrogens is 292 g/mol. The molecule has 7 nitrogen and oxygen atoms in total. The van der Waals surface area contributed by atoms with Crippen LogP contribution in [0.25, 0.3) is 0 Å². The summed E-state index contributed by atoms with van der Waals surface area (Å²) < 4.78 is 2.19. The van der Waals surface area contributed by atoms with Crippen LogP contribution in [0.4, 0.5) is 11.8 Å². The van der Waals surface area contributed by atoms with E-state index in [4.69, 9.17) is 0 Å². The van der Waals surface area contributed by atoms with Gasteiger partial charge < -0.3 is 19.9 Å². The molecule has 2 aromatic rings. The van der Waals surface area contributed by atoms with Gasteiger partial charge in [0.2, 0.25) is 5.95 Å². The molecule has 0 unspecified atom stereocenters. The van der Waals surface area contributed by atoms with Gasteiger partial charge in [-0.15, -0.1) is 0 Å². The molecule has 1 saturated heterocycles. The van der Waals surface area contributed by atoms with E-state index in [1.165, 1.54) is 0 Å². The van der Waals surface area contributed by atoms with Gasteiger partial charge >= 0.3 is 0 Å². The molecule has 1 atom stereocenters. The van der Waals surface area contributed by atoms with E-state index in [0.717, 1.165) is 50.5 Å². The molecular formula is C16H24N6O. The number of β-amino-alcohol motifs (C(OH)–C–C–N with tert-alkyl or cyclic N) is 1. The molecule has 2 aromatic heterocycles. The smallest absolute Gasteiger partial charge is 0.224 e. The van der Waals surface area contributed by atoms with Crippen molar-refractivity contribution >= 4 is 11.8 Å². The molecule has 0 spiro atoms. The molecule has 7 heteroatoms. The summed E-state index contributed by atoms with van der Waals surface area (Å²) in [6, 6.07) is 1.89. The van der Waals surface area contributed by atoms with Gasteiger partial charge in [0.25, 0.3) is 0 Å². The van der Waals surface area contributed by atoms with Crippen LogP contribution in [0.3, 0.4) is 0 Å². The van der Waals surface area contributed by atoms with E-state index in [2.05, 4.69) is 36.7 Å². The Hall–Kier alpha value is -2.15. The van der Waals surface area contributed by atoms with Crippen molar-refractivity contribution in [1.29, 1.82) is 0 Å².